The first-order valence-electron chi connectivity index (χ1n) is 7.69. The van der Waals surface area contributed by atoms with E-state index in [-0.39, 0.29) is 35.9 Å². The highest BCUT2D eigenvalue weighted by atomic mass is 127. The molecule has 0 saturated carbocycles. The molecule has 0 bridgehead atoms. The molecule has 1 rings (SSSR count). The topological polar surface area (TPSA) is 53.9 Å². The summed E-state index contributed by atoms with van der Waals surface area (Å²) in [5.41, 5.74) is 0. The van der Waals surface area contributed by atoms with E-state index in [1.54, 1.807) is 0 Å². The Balaban J connectivity index is 0.00000400. The number of rotatable bonds is 5. The summed E-state index contributed by atoms with van der Waals surface area (Å²) in [4.78, 5) is 18.5. The Morgan fingerprint density at radius 2 is 2.00 bits per heavy atom. The molecular formula is C15H30IN3O2. The lowest BCUT2D eigenvalue weighted by atomic mass is 9.97. The predicted molar refractivity (Wildman–Crippen MR) is 97.2 cm³/mol. The van der Waals surface area contributed by atoms with Gasteiger partial charge < -0.3 is 15.0 Å². The molecule has 1 aliphatic heterocycles. The molecule has 0 aliphatic carbocycles. The second-order valence-electron chi connectivity index (χ2n) is 5.70. The maximum atomic E-state index is 11.5. The van der Waals surface area contributed by atoms with Crippen LogP contribution in [0, 0.1) is 11.8 Å². The van der Waals surface area contributed by atoms with Gasteiger partial charge in [-0.25, -0.2) is 0 Å². The van der Waals surface area contributed by atoms with Crippen molar-refractivity contribution < 1.29 is 9.53 Å². The van der Waals surface area contributed by atoms with Crippen molar-refractivity contribution >= 4 is 35.9 Å². The van der Waals surface area contributed by atoms with E-state index in [0.717, 1.165) is 51.4 Å². The molecule has 21 heavy (non-hydrogen) atoms. The SMILES string of the molecule is CCNC(=NCCC(C)C)N1CCC(C(=O)OC)CC1.I. The summed E-state index contributed by atoms with van der Waals surface area (Å²) >= 11 is 0. The molecule has 124 valence electrons. The van der Waals surface area contributed by atoms with Gasteiger partial charge in [0.05, 0.1) is 13.0 Å². The van der Waals surface area contributed by atoms with Crippen molar-refractivity contribution in [3.8, 4) is 0 Å². The monoisotopic (exact) mass is 411 g/mol. The number of hydrogen-bond donors (Lipinski definition) is 1. The minimum absolute atomic E-state index is 0. The molecule has 1 saturated heterocycles. The number of aliphatic imine (C=N–C) groups is 1. The molecule has 1 aliphatic rings. The van der Waals surface area contributed by atoms with E-state index in [1.807, 2.05) is 0 Å². The molecule has 0 atom stereocenters. The number of carbonyl (C=O) groups excluding carboxylic acids is 1. The molecule has 0 amide bonds. The minimum Gasteiger partial charge on any atom is -0.469 e. The van der Waals surface area contributed by atoms with Crippen molar-refractivity contribution in [3.63, 3.8) is 0 Å². The Morgan fingerprint density at radius 3 is 2.48 bits per heavy atom. The van der Waals surface area contributed by atoms with Gasteiger partial charge in [-0.2, -0.15) is 0 Å². The lowest BCUT2D eigenvalue weighted by Gasteiger charge is -2.33. The number of guanidine groups is 1. The number of methoxy groups -OCH3 is 1. The predicted octanol–water partition coefficient (Wildman–Crippen LogP) is 2.50. The van der Waals surface area contributed by atoms with Gasteiger partial charge in [0, 0.05) is 26.2 Å². The third-order valence-electron chi connectivity index (χ3n) is 3.63. The lowest BCUT2D eigenvalue weighted by Crippen LogP contribution is -2.46. The van der Waals surface area contributed by atoms with Gasteiger partial charge in [0.25, 0.3) is 0 Å². The number of ether oxygens (including phenoxy) is 1. The van der Waals surface area contributed by atoms with E-state index < -0.39 is 0 Å². The Hall–Kier alpha value is -0.530. The Morgan fingerprint density at radius 1 is 1.38 bits per heavy atom. The zero-order valence-corrected chi connectivity index (χ0v) is 16.1. The van der Waals surface area contributed by atoms with Crippen molar-refractivity contribution in [2.24, 2.45) is 16.8 Å². The molecule has 6 heteroatoms. The molecule has 0 spiro atoms. The van der Waals surface area contributed by atoms with E-state index in [9.17, 15) is 4.79 Å². The maximum Gasteiger partial charge on any atom is 0.308 e. The summed E-state index contributed by atoms with van der Waals surface area (Å²) in [5, 5.41) is 3.34. The first-order chi connectivity index (χ1) is 9.58. The van der Waals surface area contributed by atoms with Crippen LogP contribution in [0.25, 0.3) is 0 Å². The minimum atomic E-state index is -0.0774. The second-order valence-corrected chi connectivity index (χ2v) is 5.70. The van der Waals surface area contributed by atoms with Gasteiger partial charge in [0.2, 0.25) is 0 Å². The summed E-state index contributed by atoms with van der Waals surface area (Å²) in [5.74, 6) is 1.63. The highest BCUT2D eigenvalue weighted by Gasteiger charge is 2.26. The summed E-state index contributed by atoms with van der Waals surface area (Å²) in [6, 6.07) is 0. The molecule has 0 radical (unpaired) electrons. The smallest absolute Gasteiger partial charge is 0.308 e. The average molecular weight is 411 g/mol. The molecule has 0 aromatic carbocycles. The normalized spacial score (nSPS) is 16.6. The number of nitrogens with one attached hydrogen (secondary N) is 1. The van der Waals surface area contributed by atoms with Gasteiger partial charge in [-0.15, -0.1) is 24.0 Å². The van der Waals surface area contributed by atoms with Crippen LogP contribution in [0.15, 0.2) is 4.99 Å². The number of halogens is 1. The van der Waals surface area contributed by atoms with Crippen molar-refractivity contribution in [2.75, 3.05) is 33.3 Å². The molecule has 1 fully saturated rings. The highest BCUT2D eigenvalue weighted by molar-refractivity contribution is 14.0. The van der Waals surface area contributed by atoms with E-state index in [1.165, 1.54) is 7.11 Å². The first kappa shape index (κ1) is 20.5. The summed E-state index contributed by atoms with van der Waals surface area (Å²) < 4.78 is 4.82. The van der Waals surface area contributed by atoms with Crippen LogP contribution < -0.4 is 5.32 Å². The van der Waals surface area contributed by atoms with E-state index in [0.29, 0.717) is 5.92 Å². The second kappa shape index (κ2) is 11.1. The maximum absolute atomic E-state index is 11.5. The summed E-state index contributed by atoms with van der Waals surface area (Å²) in [6.45, 7) is 9.97. The van der Waals surface area contributed by atoms with Crippen LogP contribution in [0.4, 0.5) is 0 Å². The van der Waals surface area contributed by atoms with E-state index >= 15 is 0 Å². The number of carbonyl (C=O) groups is 1. The summed E-state index contributed by atoms with van der Waals surface area (Å²) in [7, 11) is 1.46. The fraction of sp³-hybridized carbons (Fsp3) is 0.867. The van der Waals surface area contributed by atoms with Crippen molar-refractivity contribution in [1.29, 1.82) is 0 Å². The zero-order chi connectivity index (χ0) is 15.0. The van der Waals surface area contributed by atoms with Gasteiger partial charge in [-0.1, -0.05) is 13.8 Å². The van der Waals surface area contributed by atoms with Gasteiger partial charge in [-0.05, 0) is 32.1 Å². The van der Waals surface area contributed by atoms with Crippen LogP contribution >= 0.6 is 24.0 Å². The van der Waals surface area contributed by atoms with E-state index in [4.69, 9.17) is 4.74 Å². The highest BCUT2D eigenvalue weighted by Crippen LogP contribution is 2.18. The van der Waals surface area contributed by atoms with Crippen LogP contribution in [0.3, 0.4) is 0 Å². The summed E-state index contributed by atoms with van der Waals surface area (Å²) in [6.07, 6.45) is 2.80. The van der Waals surface area contributed by atoms with Crippen LogP contribution in [0.2, 0.25) is 0 Å². The van der Waals surface area contributed by atoms with Crippen LogP contribution in [0.1, 0.15) is 40.0 Å². The average Bonchev–Trinajstić information content (AvgIpc) is 2.45. The number of hydrogen-bond acceptors (Lipinski definition) is 3. The van der Waals surface area contributed by atoms with Gasteiger partial charge >= 0.3 is 5.97 Å². The lowest BCUT2D eigenvalue weighted by molar-refractivity contribution is -0.146. The van der Waals surface area contributed by atoms with Gasteiger partial charge in [-0.3, -0.25) is 9.79 Å². The van der Waals surface area contributed by atoms with Gasteiger partial charge in [0.15, 0.2) is 5.96 Å². The standard InChI is InChI=1S/C15H29N3O2.HI/c1-5-16-15(17-9-6-12(2)3)18-10-7-13(8-11-18)14(19)20-4;/h12-13H,5-11H2,1-4H3,(H,16,17);1H. The Bertz CT molecular complexity index is 327. The van der Waals surface area contributed by atoms with Crippen molar-refractivity contribution in [3.05, 3.63) is 0 Å². The van der Waals surface area contributed by atoms with Crippen LogP contribution in [-0.2, 0) is 9.53 Å². The quantitative estimate of drug-likeness (QED) is 0.327. The third kappa shape index (κ3) is 7.33. The van der Waals surface area contributed by atoms with Crippen molar-refractivity contribution in [1.82, 2.24) is 10.2 Å². The van der Waals surface area contributed by atoms with Crippen LogP contribution in [-0.4, -0.2) is 50.1 Å². The third-order valence-corrected chi connectivity index (χ3v) is 3.63. The Kier molecular flexibility index (Phi) is 10.8. The molecule has 0 aromatic heterocycles. The van der Waals surface area contributed by atoms with Gasteiger partial charge in [0.1, 0.15) is 0 Å². The fourth-order valence-electron chi connectivity index (χ4n) is 2.35. The number of nitrogens with zero attached hydrogens (tertiary/aromatic N) is 2. The van der Waals surface area contributed by atoms with E-state index in [2.05, 4.69) is 36.0 Å². The largest absolute Gasteiger partial charge is 0.469 e. The number of piperidine rings is 1. The van der Waals surface area contributed by atoms with Crippen molar-refractivity contribution in [2.45, 2.75) is 40.0 Å². The zero-order valence-electron chi connectivity index (χ0n) is 13.7. The van der Waals surface area contributed by atoms with Crippen LogP contribution in [0.5, 0.6) is 0 Å². The molecular weight excluding hydrogens is 381 g/mol. The first-order valence-corrected chi connectivity index (χ1v) is 7.69. The fourth-order valence-corrected chi connectivity index (χ4v) is 2.35. The molecule has 0 aromatic rings. The molecule has 5 nitrogen and oxygen atoms in total. The Labute approximate surface area is 145 Å². The molecule has 1 heterocycles. The number of esters is 1. The molecule has 1 N–H and O–H groups in total. The number of likely N-dealkylation sites (tertiary alicyclic amines) is 1. The molecule has 0 unspecified atom stereocenters.